The second-order valence-corrected chi connectivity index (χ2v) is 5.28. The number of hydrogen-bond acceptors (Lipinski definition) is 7. The lowest BCUT2D eigenvalue weighted by atomic mass is 9.82. The minimum Gasteiger partial charge on any atom is -0.466 e. The molecule has 0 saturated carbocycles. The van der Waals surface area contributed by atoms with Crippen LogP contribution in [0.25, 0.3) is 0 Å². The Kier molecular flexibility index (Phi) is 5.53. The molecule has 2 rings (SSSR count). The highest BCUT2D eigenvalue weighted by Gasteiger charge is 2.36. The summed E-state index contributed by atoms with van der Waals surface area (Å²) in [5.41, 5.74) is 1.16. The van der Waals surface area contributed by atoms with Gasteiger partial charge in [-0.2, -0.15) is 0 Å². The lowest BCUT2D eigenvalue weighted by Crippen LogP contribution is -2.29. The predicted molar refractivity (Wildman–Crippen MR) is 88.4 cm³/mol. The number of nitrogens with zero attached hydrogens (tertiary/aromatic N) is 1. The number of ether oxygens (including phenoxy) is 2. The van der Waals surface area contributed by atoms with Crippen molar-refractivity contribution in [3.8, 4) is 0 Å². The van der Waals surface area contributed by atoms with Crippen LogP contribution in [0.5, 0.6) is 0 Å². The first kappa shape index (κ1) is 18.2. The van der Waals surface area contributed by atoms with Crippen LogP contribution in [-0.2, 0) is 19.1 Å². The molecule has 1 aliphatic heterocycles. The SMILES string of the molecule is CCOC(=O)C1=CNC(C)=C(C(=O)OC)C1c1cccc([N+](=O)[O-])c1. The summed E-state index contributed by atoms with van der Waals surface area (Å²) in [6, 6.07) is 5.79. The fourth-order valence-corrected chi connectivity index (χ4v) is 2.66. The topological polar surface area (TPSA) is 108 Å². The molecule has 25 heavy (non-hydrogen) atoms. The van der Waals surface area contributed by atoms with Crippen molar-refractivity contribution in [2.45, 2.75) is 19.8 Å². The van der Waals surface area contributed by atoms with Gasteiger partial charge in [-0.1, -0.05) is 12.1 Å². The molecule has 8 heteroatoms. The quantitative estimate of drug-likeness (QED) is 0.494. The van der Waals surface area contributed by atoms with Crippen LogP contribution in [0.3, 0.4) is 0 Å². The van der Waals surface area contributed by atoms with Crippen molar-refractivity contribution in [1.29, 1.82) is 0 Å². The van der Waals surface area contributed by atoms with E-state index in [1.54, 1.807) is 19.9 Å². The number of methoxy groups -OCH3 is 1. The second-order valence-electron chi connectivity index (χ2n) is 5.28. The maximum atomic E-state index is 12.3. The monoisotopic (exact) mass is 346 g/mol. The molecule has 1 aliphatic rings. The number of esters is 2. The Morgan fingerprint density at radius 1 is 1.32 bits per heavy atom. The molecule has 0 aliphatic carbocycles. The van der Waals surface area contributed by atoms with Crippen LogP contribution in [0.4, 0.5) is 5.69 Å². The summed E-state index contributed by atoms with van der Waals surface area (Å²) < 4.78 is 9.88. The molecule has 0 amide bonds. The molecule has 1 unspecified atom stereocenters. The Hall–Kier alpha value is -3.16. The lowest BCUT2D eigenvalue weighted by molar-refractivity contribution is -0.384. The van der Waals surface area contributed by atoms with E-state index in [9.17, 15) is 19.7 Å². The molecule has 1 aromatic rings. The van der Waals surface area contributed by atoms with Crippen molar-refractivity contribution >= 4 is 17.6 Å². The zero-order chi connectivity index (χ0) is 18.6. The van der Waals surface area contributed by atoms with Crippen LogP contribution >= 0.6 is 0 Å². The van der Waals surface area contributed by atoms with Gasteiger partial charge in [-0.15, -0.1) is 0 Å². The maximum absolute atomic E-state index is 12.3. The number of dihydropyridines is 1. The molecule has 1 atom stereocenters. The van der Waals surface area contributed by atoms with E-state index in [1.807, 2.05) is 0 Å². The molecule has 8 nitrogen and oxygen atoms in total. The van der Waals surface area contributed by atoms with Gasteiger partial charge in [0.05, 0.1) is 35.7 Å². The number of hydrogen-bond donors (Lipinski definition) is 1. The zero-order valence-corrected chi connectivity index (χ0v) is 14.1. The Labute approximate surface area is 144 Å². The number of rotatable bonds is 5. The van der Waals surface area contributed by atoms with E-state index in [4.69, 9.17) is 9.47 Å². The lowest BCUT2D eigenvalue weighted by Gasteiger charge is -2.27. The standard InChI is InChI=1S/C17H18N2O6/c1-4-25-16(20)13-9-18-10(2)14(17(21)24-3)15(13)11-6-5-7-12(8-11)19(22)23/h5-9,15,18H,4H2,1-3H3. The average Bonchev–Trinajstić information content (AvgIpc) is 2.61. The van der Waals surface area contributed by atoms with Crippen LogP contribution in [0.15, 0.2) is 47.3 Å². The van der Waals surface area contributed by atoms with E-state index in [0.29, 0.717) is 11.3 Å². The van der Waals surface area contributed by atoms with Gasteiger partial charge < -0.3 is 14.8 Å². The molecule has 0 aromatic heterocycles. The van der Waals surface area contributed by atoms with Crippen LogP contribution < -0.4 is 5.32 Å². The van der Waals surface area contributed by atoms with Gasteiger partial charge in [-0.3, -0.25) is 10.1 Å². The summed E-state index contributed by atoms with van der Waals surface area (Å²) in [7, 11) is 1.23. The van der Waals surface area contributed by atoms with Gasteiger partial charge in [-0.25, -0.2) is 9.59 Å². The molecule has 1 N–H and O–H groups in total. The zero-order valence-electron chi connectivity index (χ0n) is 14.1. The van der Waals surface area contributed by atoms with Gasteiger partial charge in [0.15, 0.2) is 0 Å². The van der Waals surface area contributed by atoms with E-state index in [2.05, 4.69) is 5.32 Å². The van der Waals surface area contributed by atoms with E-state index in [-0.39, 0.29) is 23.4 Å². The Morgan fingerprint density at radius 2 is 2.04 bits per heavy atom. The maximum Gasteiger partial charge on any atom is 0.336 e. The van der Waals surface area contributed by atoms with E-state index >= 15 is 0 Å². The molecule has 0 saturated heterocycles. The van der Waals surface area contributed by atoms with Crippen molar-refractivity contribution in [3.63, 3.8) is 0 Å². The van der Waals surface area contributed by atoms with Gasteiger partial charge in [-0.05, 0) is 19.4 Å². The molecule has 0 radical (unpaired) electrons. The highest BCUT2D eigenvalue weighted by atomic mass is 16.6. The molecule has 132 valence electrons. The third-order valence-electron chi connectivity index (χ3n) is 3.78. The van der Waals surface area contributed by atoms with Crippen LogP contribution in [0.2, 0.25) is 0 Å². The normalized spacial score (nSPS) is 16.6. The first-order chi connectivity index (χ1) is 11.9. The smallest absolute Gasteiger partial charge is 0.336 e. The number of nitrogens with one attached hydrogen (secondary N) is 1. The van der Waals surface area contributed by atoms with Gasteiger partial charge >= 0.3 is 11.9 Å². The number of non-ortho nitro benzene ring substituents is 1. The average molecular weight is 346 g/mol. The number of nitro groups is 1. The molecule has 0 bridgehead atoms. The number of carbonyl (C=O) groups excluding carboxylic acids is 2. The molecule has 1 aromatic carbocycles. The highest BCUT2D eigenvalue weighted by Crippen LogP contribution is 2.38. The van der Waals surface area contributed by atoms with Crippen molar-refractivity contribution in [2.75, 3.05) is 13.7 Å². The summed E-state index contributed by atoms with van der Waals surface area (Å²) >= 11 is 0. The summed E-state index contributed by atoms with van der Waals surface area (Å²) in [6.07, 6.45) is 1.45. The van der Waals surface area contributed by atoms with E-state index in [1.165, 1.54) is 31.5 Å². The van der Waals surface area contributed by atoms with Crippen molar-refractivity contribution in [2.24, 2.45) is 0 Å². The third-order valence-corrected chi connectivity index (χ3v) is 3.78. The third kappa shape index (κ3) is 3.68. The van der Waals surface area contributed by atoms with Crippen LogP contribution in [-0.4, -0.2) is 30.6 Å². The first-order valence-corrected chi connectivity index (χ1v) is 7.57. The molecular weight excluding hydrogens is 328 g/mol. The molecule has 0 fully saturated rings. The van der Waals surface area contributed by atoms with Crippen LogP contribution in [0, 0.1) is 10.1 Å². The summed E-state index contributed by atoms with van der Waals surface area (Å²) in [4.78, 5) is 35.1. The van der Waals surface area contributed by atoms with Crippen molar-refractivity contribution in [1.82, 2.24) is 5.32 Å². The second kappa shape index (κ2) is 7.61. The number of nitro benzene ring substituents is 1. The van der Waals surface area contributed by atoms with E-state index in [0.717, 1.165) is 0 Å². The first-order valence-electron chi connectivity index (χ1n) is 7.57. The van der Waals surface area contributed by atoms with Gasteiger partial charge in [0.2, 0.25) is 0 Å². The number of allylic oxidation sites excluding steroid dienone is 1. The predicted octanol–water partition coefficient (Wildman–Crippen LogP) is 2.18. The number of benzene rings is 1. The Balaban J connectivity index is 2.61. The molecule has 0 spiro atoms. The minimum absolute atomic E-state index is 0.138. The van der Waals surface area contributed by atoms with Crippen molar-refractivity contribution < 1.29 is 24.0 Å². The van der Waals surface area contributed by atoms with E-state index < -0.39 is 22.8 Å². The van der Waals surface area contributed by atoms with Gasteiger partial charge in [0, 0.05) is 24.0 Å². The summed E-state index contributed by atoms with van der Waals surface area (Å²) in [6.45, 7) is 3.49. The van der Waals surface area contributed by atoms with Crippen LogP contribution in [0.1, 0.15) is 25.3 Å². The molecular formula is C17H18N2O6. The molecule has 1 heterocycles. The fraction of sp³-hybridized carbons (Fsp3) is 0.294. The van der Waals surface area contributed by atoms with Crippen molar-refractivity contribution in [3.05, 3.63) is 63.0 Å². The number of carbonyl (C=O) groups is 2. The Morgan fingerprint density at radius 3 is 2.64 bits per heavy atom. The Bertz CT molecular complexity index is 781. The van der Waals surface area contributed by atoms with Gasteiger partial charge in [0.25, 0.3) is 5.69 Å². The summed E-state index contributed by atoms with van der Waals surface area (Å²) in [5, 5.41) is 13.9. The summed E-state index contributed by atoms with van der Waals surface area (Å²) in [5.74, 6) is -2.07. The highest BCUT2D eigenvalue weighted by molar-refractivity contribution is 5.99. The fourth-order valence-electron chi connectivity index (χ4n) is 2.66. The van der Waals surface area contributed by atoms with Gasteiger partial charge in [0.1, 0.15) is 0 Å². The largest absolute Gasteiger partial charge is 0.466 e. The minimum atomic E-state index is -0.826.